The number of carbonyl (C=O) groups is 1. The summed E-state index contributed by atoms with van der Waals surface area (Å²) in [6, 6.07) is 6.43. The van der Waals surface area contributed by atoms with Crippen molar-refractivity contribution in [3.8, 4) is 5.88 Å². The Morgan fingerprint density at radius 2 is 2.23 bits per heavy atom. The maximum absolute atomic E-state index is 14.1. The topological polar surface area (TPSA) is 77.5 Å². The van der Waals surface area contributed by atoms with Crippen LogP contribution in [0.1, 0.15) is 36.1 Å². The van der Waals surface area contributed by atoms with Gasteiger partial charge in [-0.05, 0) is 34.1 Å². The molecule has 0 amide bonds. The Morgan fingerprint density at radius 1 is 1.47 bits per heavy atom. The third kappa shape index (κ3) is 3.56. The van der Waals surface area contributed by atoms with Gasteiger partial charge in [0.2, 0.25) is 18.6 Å². The van der Waals surface area contributed by atoms with Gasteiger partial charge in [-0.25, -0.2) is 9.78 Å². The van der Waals surface area contributed by atoms with E-state index in [0.29, 0.717) is 30.1 Å². The lowest BCUT2D eigenvalue weighted by molar-refractivity contribution is -0.696. The van der Waals surface area contributed by atoms with Gasteiger partial charge in [0.1, 0.15) is 0 Å². The lowest BCUT2D eigenvalue weighted by Crippen LogP contribution is -2.37. The average Bonchev–Trinajstić information content (AvgIpc) is 3.22. The molecule has 1 atom stereocenters. The summed E-state index contributed by atoms with van der Waals surface area (Å²) in [5.41, 5.74) is 1.69. The van der Waals surface area contributed by atoms with E-state index in [4.69, 9.17) is 14.5 Å². The van der Waals surface area contributed by atoms with Crippen molar-refractivity contribution in [3.05, 3.63) is 52.1 Å². The average molecular weight is 479 g/mol. The highest BCUT2D eigenvalue weighted by molar-refractivity contribution is 9.10. The van der Waals surface area contributed by atoms with Crippen LogP contribution in [-0.2, 0) is 16.0 Å². The number of nitrogens with zero attached hydrogens (tertiary/aromatic N) is 3. The highest BCUT2D eigenvalue weighted by Gasteiger charge is 2.39. The van der Waals surface area contributed by atoms with Crippen molar-refractivity contribution in [3.63, 3.8) is 0 Å². The van der Waals surface area contributed by atoms with Crippen molar-refractivity contribution in [1.82, 2.24) is 9.55 Å². The fourth-order valence-corrected chi connectivity index (χ4v) is 4.14. The Kier molecular flexibility index (Phi) is 5.27. The van der Waals surface area contributed by atoms with E-state index in [9.17, 15) is 14.3 Å². The molecular formula is C21H22BrFN3O4+. The number of imidazole rings is 1. The summed E-state index contributed by atoms with van der Waals surface area (Å²) < 4.78 is 28.3. The molecule has 158 valence electrons. The molecule has 1 aromatic carbocycles. The van der Waals surface area contributed by atoms with Crippen molar-refractivity contribution in [2.24, 2.45) is 5.41 Å². The molecule has 7 nitrogen and oxygen atoms in total. The molecule has 30 heavy (non-hydrogen) atoms. The molecule has 1 aliphatic rings. The van der Waals surface area contributed by atoms with Gasteiger partial charge in [0.15, 0.2) is 5.82 Å². The number of esters is 1. The van der Waals surface area contributed by atoms with Crippen molar-refractivity contribution in [2.45, 2.75) is 26.4 Å². The van der Waals surface area contributed by atoms with Crippen molar-refractivity contribution < 1.29 is 28.3 Å². The van der Waals surface area contributed by atoms with Gasteiger partial charge < -0.3 is 19.1 Å². The Bertz CT molecular complexity index is 1140. The third-order valence-electron chi connectivity index (χ3n) is 5.51. The van der Waals surface area contributed by atoms with Gasteiger partial charge in [-0.3, -0.25) is 0 Å². The minimum Gasteiger partial charge on any atom is -0.465 e. The molecule has 4 rings (SSSR count). The SMILES string of the molecule is COC(=O)c1ccc2nc(C[n+]3cc(F)c(Br)cc3O)n([C@@H]3COCC3(C)C)c2c1. The van der Waals surface area contributed by atoms with Crippen LogP contribution in [0.15, 0.2) is 34.9 Å². The zero-order valence-corrected chi connectivity index (χ0v) is 18.4. The van der Waals surface area contributed by atoms with Gasteiger partial charge in [0, 0.05) is 5.41 Å². The normalized spacial score (nSPS) is 18.1. The van der Waals surface area contributed by atoms with Gasteiger partial charge in [0.05, 0.1) is 53.5 Å². The van der Waals surface area contributed by atoms with E-state index in [2.05, 4.69) is 29.8 Å². The second-order valence-electron chi connectivity index (χ2n) is 8.07. The molecule has 1 aliphatic heterocycles. The number of benzene rings is 1. The molecule has 0 bridgehead atoms. The number of hydrogen-bond donors (Lipinski definition) is 1. The van der Waals surface area contributed by atoms with Crippen LogP contribution in [0.2, 0.25) is 0 Å². The summed E-state index contributed by atoms with van der Waals surface area (Å²) in [5.74, 6) is -0.403. The zero-order valence-electron chi connectivity index (χ0n) is 16.9. The first-order valence-electron chi connectivity index (χ1n) is 9.45. The first-order chi connectivity index (χ1) is 14.2. The molecule has 1 saturated heterocycles. The largest absolute Gasteiger partial charge is 0.465 e. The quantitative estimate of drug-likeness (QED) is 0.459. The van der Waals surface area contributed by atoms with E-state index in [-0.39, 0.29) is 28.4 Å². The summed E-state index contributed by atoms with van der Waals surface area (Å²) in [7, 11) is 1.34. The molecule has 3 heterocycles. The minimum absolute atomic E-state index is 0.0477. The maximum Gasteiger partial charge on any atom is 0.367 e. The number of rotatable bonds is 4. The predicted molar refractivity (Wildman–Crippen MR) is 110 cm³/mol. The van der Waals surface area contributed by atoms with Crippen molar-refractivity contribution in [2.75, 3.05) is 20.3 Å². The fourth-order valence-electron chi connectivity index (χ4n) is 3.84. The zero-order chi connectivity index (χ0) is 21.6. The molecule has 9 heteroatoms. The van der Waals surface area contributed by atoms with Crippen LogP contribution >= 0.6 is 15.9 Å². The van der Waals surface area contributed by atoms with Crippen molar-refractivity contribution >= 4 is 32.9 Å². The second kappa shape index (κ2) is 7.63. The van der Waals surface area contributed by atoms with Crippen LogP contribution in [0.4, 0.5) is 4.39 Å². The first-order valence-corrected chi connectivity index (χ1v) is 10.2. The summed E-state index contributed by atoms with van der Waals surface area (Å²) >= 11 is 3.08. The van der Waals surface area contributed by atoms with E-state index < -0.39 is 11.8 Å². The van der Waals surface area contributed by atoms with Gasteiger partial charge in [-0.15, -0.1) is 0 Å². The highest BCUT2D eigenvalue weighted by Crippen LogP contribution is 2.40. The van der Waals surface area contributed by atoms with Crippen LogP contribution < -0.4 is 4.57 Å². The van der Waals surface area contributed by atoms with E-state index in [1.54, 1.807) is 18.2 Å². The molecule has 0 saturated carbocycles. The molecule has 1 N–H and O–H groups in total. The molecule has 0 unspecified atom stereocenters. The number of aromatic nitrogens is 3. The standard InChI is InChI=1S/C21H21BrFN3O4/c1-21(2)11-30-10-17(21)26-16-6-12(20(28)29-3)4-5-15(16)24-18(26)9-25-8-14(23)13(22)7-19(25)27/h4-8,17H,9-11H2,1-3H3/p+1/t17-/m1/s1. The molecule has 0 aliphatic carbocycles. The summed E-state index contributed by atoms with van der Waals surface area (Å²) in [4.78, 5) is 16.8. The summed E-state index contributed by atoms with van der Waals surface area (Å²) in [6.07, 6.45) is 1.22. The second-order valence-corrected chi connectivity index (χ2v) is 8.92. The van der Waals surface area contributed by atoms with Crippen molar-refractivity contribution in [1.29, 1.82) is 0 Å². The summed E-state index contributed by atoms with van der Waals surface area (Å²) in [6.45, 7) is 5.42. The number of aromatic hydroxyl groups is 1. The monoisotopic (exact) mass is 478 g/mol. The molecular weight excluding hydrogens is 457 g/mol. The molecule has 3 aromatic rings. The van der Waals surface area contributed by atoms with Gasteiger partial charge in [-0.1, -0.05) is 13.8 Å². The highest BCUT2D eigenvalue weighted by atomic mass is 79.9. The molecule has 0 radical (unpaired) electrons. The smallest absolute Gasteiger partial charge is 0.367 e. The Labute approximate surface area is 181 Å². The van der Waals surface area contributed by atoms with Gasteiger partial charge >= 0.3 is 11.8 Å². The van der Waals surface area contributed by atoms with Crippen LogP contribution in [0, 0.1) is 11.2 Å². The van der Waals surface area contributed by atoms with Crippen LogP contribution in [0.25, 0.3) is 11.0 Å². The third-order valence-corrected chi connectivity index (χ3v) is 6.11. The number of halogens is 2. The fraction of sp³-hybridized carbons (Fsp3) is 0.381. The van der Waals surface area contributed by atoms with E-state index in [1.807, 2.05) is 4.57 Å². The Hall–Kier alpha value is -2.52. The van der Waals surface area contributed by atoms with Crippen LogP contribution in [0.5, 0.6) is 5.88 Å². The summed E-state index contributed by atoms with van der Waals surface area (Å²) in [5, 5.41) is 10.3. The lowest BCUT2D eigenvalue weighted by Gasteiger charge is -2.27. The number of hydrogen-bond acceptors (Lipinski definition) is 5. The van der Waals surface area contributed by atoms with E-state index >= 15 is 0 Å². The number of pyridine rings is 1. The Morgan fingerprint density at radius 3 is 2.90 bits per heavy atom. The van der Waals surface area contributed by atoms with Crippen LogP contribution in [0.3, 0.4) is 0 Å². The number of methoxy groups -OCH3 is 1. The first kappa shape index (κ1) is 20.7. The number of fused-ring (bicyclic) bond motifs is 1. The molecule has 0 spiro atoms. The van der Waals surface area contributed by atoms with Gasteiger partial charge in [0.25, 0.3) is 0 Å². The lowest BCUT2D eigenvalue weighted by atomic mass is 9.87. The molecule has 2 aromatic heterocycles. The van der Waals surface area contributed by atoms with E-state index in [1.165, 1.54) is 23.9 Å². The van der Waals surface area contributed by atoms with E-state index in [0.717, 1.165) is 5.52 Å². The maximum atomic E-state index is 14.1. The minimum atomic E-state index is -0.493. The molecule has 1 fully saturated rings. The predicted octanol–water partition coefficient (Wildman–Crippen LogP) is 3.36. The van der Waals surface area contributed by atoms with Gasteiger partial charge in [-0.2, -0.15) is 8.96 Å². The Balaban J connectivity index is 1.89. The van der Waals surface area contributed by atoms with Crippen LogP contribution in [-0.4, -0.2) is 41.0 Å². The number of carbonyl (C=O) groups excluding carboxylic acids is 1. The number of ether oxygens (including phenoxy) is 2.